The molecule has 0 aliphatic heterocycles. The summed E-state index contributed by atoms with van der Waals surface area (Å²) in [6.07, 6.45) is 0.518. The first-order valence-corrected chi connectivity index (χ1v) is 10.3. The van der Waals surface area contributed by atoms with Gasteiger partial charge in [0.1, 0.15) is 0 Å². The third-order valence-corrected chi connectivity index (χ3v) is 4.79. The van der Waals surface area contributed by atoms with Gasteiger partial charge in [0.15, 0.2) is 0 Å². The quantitative estimate of drug-likeness (QED) is 0.607. The smallest absolute Gasteiger partial charge is 0.0897 e. The van der Waals surface area contributed by atoms with Gasteiger partial charge in [-0.2, -0.15) is 0 Å². The third-order valence-electron chi connectivity index (χ3n) is 4.79. The Morgan fingerprint density at radius 3 is 1.79 bits per heavy atom. The third kappa shape index (κ3) is 8.14. The summed E-state index contributed by atoms with van der Waals surface area (Å²) in [6, 6.07) is 20.8. The highest BCUT2D eigenvalue weighted by Crippen LogP contribution is 2.27. The van der Waals surface area contributed by atoms with Gasteiger partial charge in [-0.3, -0.25) is 0 Å². The predicted molar refractivity (Wildman–Crippen MR) is 118 cm³/mol. The lowest BCUT2D eigenvalue weighted by atomic mass is 9.82. The first kappa shape index (κ1) is 22.6. The van der Waals surface area contributed by atoms with Crippen molar-refractivity contribution in [2.45, 2.75) is 58.6 Å². The van der Waals surface area contributed by atoms with Gasteiger partial charge in [0.05, 0.1) is 19.3 Å². The van der Waals surface area contributed by atoms with E-state index in [0.717, 1.165) is 6.42 Å². The standard InChI is InChI=1S/C25H37NO2/c1-24(2,3)19-25(4,5)26-16-22(27)17-28-18-23(20-12-8-6-9-13-20)21-14-10-7-11-15-21/h6-15,22-23,26-27H,16-19H2,1-5H3/t22-/m1/s1. The van der Waals surface area contributed by atoms with Crippen molar-refractivity contribution in [3.8, 4) is 0 Å². The molecule has 0 amide bonds. The molecule has 0 unspecified atom stereocenters. The van der Waals surface area contributed by atoms with E-state index in [1.54, 1.807) is 0 Å². The van der Waals surface area contributed by atoms with E-state index in [-0.39, 0.29) is 16.9 Å². The van der Waals surface area contributed by atoms with Crippen LogP contribution in [0, 0.1) is 5.41 Å². The van der Waals surface area contributed by atoms with Crippen LogP contribution in [0.3, 0.4) is 0 Å². The normalized spacial score (nSPS) is 13.7. The van der Waals surface area contributed by atoms with Crippen molar-refractivity contribution in [3.05, 3.63) is 71.8 Å². The number of hydrogen-bond donors (Lipinski definition) is 2. The van der Waals surface area contributed by atoms with E-state index in [1.807, 2.05) is 12.1 Å². The molecule has 0 aromatic heterocycles. The molecule has 2 N–H and O–H groups in total. The van der Waals surface area contributed by atoms with Crippen LogP contribution in [0.25, 0.3) is 0 Å². The maximum Gasteiger partial charge on any atom is 0.0897 e. The molecule has 0 heterocycles. The molecule has 2 aromatic carbocycles. The summed E-state index contributed by atoms with van der Waals surface area (Å²) in [6.45, 7) is 12.5. The highest BCUT2D eigenvalue weighted by molar-refractivity contribution is 5.32. The van der Waals surface area contributed by atoms with Gasteiger partial charge in [-0.15, -0.1) is 0 Å². The zero-order valence-electron chi connectivity index (χ0n) is 18.1. The topological polar surface area (TPSA) is 41.5 Å². The van der Waals surface area contributed by atoms with Crippen molar-refractivity contribution >= 4 is 0 Å². The van der Waals surface area contributed by atoms with Crippen LogP contribution in [0.4, 0.5) is 0 Å². The summed E-state index contributed by atoms with van der Waals surface area (Å²) in [7, 11) is 0. The van der Waals surface area contributed by atoms with Gasteiger partial charge in [0.25, 0.3) is 0 Å². The maximum atomic E-state index is 10.4. The summed E-state index contributed by atoms with van der Waals surface area (Å²) >= 11 is 0. The molecule has 2 rings (SSSR count). The Bertz CT molecular complexity index is 637. The molecular formula is C25H37NO2. The SMILES string of the molecule is CC(C)(C)CC(C)(C)NC[C@@H](O)COCC(c1ccccc1)c1ccccc1. The number of aliphatic hydroxyl groups is 1. The van der Waals surface area contributed by atoms with Crippen LogP contribution in [0.5, 0.6) is 0 Å². The largest absolute Gasteiger partial charge is 0.389 e. The second kappa shape index (κ2) is 10.2. The first-order chi connectivity index (χ1) is 13.2. The van der Waals surface area contributed by atoms with Crippen LogP contribution in [-0.4, -0.2) is 36.5 Å². The fourth-order valence-electron chi connectivity index (χ4n) is 3.92. The zero-order valence-corrected chi connectivity index (χ0v) is 18.1. The Kier molecular flexibility index (Phi) is 8.23. The van der Waals surface area contributed by atoms with E-state index in [1.165, 1.54) is 11.1 Å². The van der Waals surface area contributed by atoms with Crippen LogP contribution in [0.2, 0.25) is 0 Å². The van der Waals surface area contributed by atoms with Crippen molar-refractivity contribution in [2.75, 3.05) is 19.8 Å². The number of benzene rings is 2. The Hall–Kier alpha value is -1.68. The molecule has 0 spiro atoms. The van der Waals surface area contributed by atoms with Gasteiger partial charge < -0.3 is 15.2 Å². The number of ether oxygens (including phenoxy) is 1. The van der Waals surface area contributed by atoms with Gasteiger partial charge in [-0.1, -0.05) is 81.4 Å². The lowest BCUT2D eigenvalue weighted by molar-refractivity contribution is 0.0294. The molecular weight excluding hydrogens is 346 g/mol. The van der Waals surface area contributed by atoms with Gasteiger partial charge in [0, 0.05) is 18.0 Å². The Labute approximate surface area is 171 Å². The Balaban J connectivity index is 1.87. The Morgan fingerprint density at radius 1 is 0.821 bits per heavy atom. The van der Waals surface area contributed by atoms with Crippen molar-refractivity contribution in [3.63, 3.8) is 0 Å². The van der Waals surface area contributed by atoms with Gasteiger partial charge in [-0.05, 0) is 36.8 Å². The van der Waals surface area contributed by atoms with Crippen LogP contribution in [0.1, 0.15) is 58.1 Å². The average molecular weight is 384 g/mol. The lowest BCUT2D eigenvalue weighted by Crippen LogP contribution is -2.46. The summed E-state index contributed by atoms with van der Waals surface area (Å²) in [5.74, 6) is 0.167. The fraction of sp³-hybridized carbons (Fsp3) is 0.520. The number of aliphatic hydroxyl groups excluding tert-OH is 1. The number of rotatable bonds is 10. The highest BCUT2D eigenvalue weighted by Gasteiger charge is 2.25. The second-order valence-electron chi connectivity index (χ2n) is 9.57. The van der Waals surface area contributed by atoms with E-state index < -0.39 is 6.10 Å². The molecule has 0 aliphatic rings. The van der Waals surface area contributed by atoms with Crippen molar-refractivity contribution < 1.29 is 9.84 Å². The molecule has 3 heteroatoms. The zero-order chi connectivity index (χ0) is 20.6. The first-order valence-electron chi connectivity index (χ1n) is 10.3. The van der Waals surface area contributed by atoms with E-state index in [9.17, 15) is 5.11 Å². The molecule has 154 valence electrons. The monoisotopic (exact) mass is 383 g/mol. The highest BCUT2D eigenvalue weighted by atomic mass is 16.5. The summed E-state index contributed by atoms with van der Waals surface area (Å²) < 4.78 is 5.94. The maximum absolute atomic E-state index is 10.4. The van der Waals surface area contributed by atoms with Crippen molar-refractivity contribution in [2.24, 2.45) is 5.41 Å². The van der Waals surface area contributed by atoms with Crippen LogP contribution in [-0.2, 0) is 4.74 Å². The minimum absolute atomic E-state index is 0.0180. The van der Waals surface area contributed by atoms with Gasteiger partial charge >= 0.3 is 0 Å². The van der Waals surface area contributed by atoms with Crippen LogP contribution < -0.4 is 5.32 Å². The molecule has 0 saturated heterocycles. The molecule has 2 aromatic rings. The number of nitrogens with one attached hydrogen (secondary N) is 1. The van der Waals surface area contributed by atoms with Gasteiger partial charge in [0.2, 0.25) is 0 Å². The van der Waals surface area contributed by atoms with Crippen LogP contribution in [0.15, 0.2) is 60.7 Å². The van der Waals surface area contributed by atoms with Crippen LogP contribution >= 0.6 is 0 Å². The molecule has 0 saturated carbocycles. The Morgan fingerprint density at radius 2 is 1.32 bits per heavy atom. The fourth-order valence-corrected chi connectivity index (χ4v) is 3.92. The second-order valence-corrected chi connectivity index (χ2v) is 9.57. The minimum atomic E-state index is -0.522. The van der Waals surface area contributed by atoms with E-state index in [4.69, 9.17) is 4.74 Å². The predicted octanol–water partition coefficient (Wildman–Crippen LogP) is 5.00. The lowest BCUT2D eigenvalue weighted by Gasteiger charge is -2.34. The molecule has 0 bridgehead atoms. The van der Waals surface area contributed by atoms with E-state index in [2.05, 4.69) is 88.5 Å². The summed E-state index contributed by atoms with van der Waals surface area (Å²) in [5, 5.41) is 13.9. The van der Waals surface area contributed by atoms with Crippen molar-refractivity contribution in [1.82, 2.24) is 5.32 Å². The van der Waals surface area contributed by atoms with E-state index in [0.29, 0.717) is 19.8 Å². The minimum Gasteiger partial charge on any atom is -0.389 e. The molecule has 0 fully saturated rings. The van der Waals surface area contributed by atoms with Gasteiger partial charge in [-0.25, -0.2) is 0 Å². The average Bonchev–Trinajstić information content (AvgIpc) is 2.63. The summed E-state index contributed by atoms with van der Waals surface area (Å²) in [5.41, 5.74) is 2.69. The molecule has 0 radical (unpaired) electrons. The number of β-amino-alcohol motifs (C(OH)–C–C–N with tert-alkyl or cyclic N) is 1. The van der Waals surface area contributed by atoms with Crippen molar-refractivity contribution in [1.29, 1.82) is 0 Å². The molecule has 1 atom stereocenters. The number of hydrogen-bond acceptors (Lipinski definition) is 3. The molecule has 3 nitrogen and oxygen atoms in total. The molecule has 28 heavy (non-hydrogen) atoms. The molecule has 0 aliphatic carbocycles. The van der Waals surface area contributed by atoms with E-state index >= 15 is 0 Å². The summed E-state index contributed by atoms with van der Waals surface area (Å²) in [4.78, 5) is 0.